The van der Waals surface area contributed by atoms with Gasteiger partial charge in [-0.3, -0.25) is 4.79 Å². The molecule has 0 spiro atoms. The summed E-state index contributed by atoms with van der Waals surface area (Å²) in [6.07, 6.45) is 17.3. The smallest absolute Gasteiger partial charge is 0.220 e. The highest BCUT2D eigenvalue weighted by Gasteiger charge is 2.19. The number of hydrogen-bond donors (Lipinski definition) is 3. The SMILES string of the molecule is CCCCCCCCCCCC(O)C(CO)NC(=O)CCCCCCC. The number of amides is 1. The van der Waals surface area contributed by atoms with Gasteiger partial charge in [0, 0.05) is 6.42 Å². The Hall–Kier alpha value is -0.610. The van der Waals surface area contributed by atoms with E-state index in [1.54, 1.807) is 0 Å². The summed E-state index contributed by atoms with van der Waals surface area (Å²) < 4.78 is 0. The van der Waals surface area contributed by atoms with Gasteiger partial charge in [0.2, 0.25) is 5.91 Å². The van der Waals surface area contributed by atoms with Crippen LogP contribution in [0.5, 0.6) is 0 Å². The van der Waals surface area contributed by atoms with Crippen LogP contribution in [0.4, 0.5) is 0 Å². The van der Waals surface area contributed by atoms with E-state index in [2.05, 4.69) is 19.2 Å². The molecule has 2 atom stereocenters. The predicted octanol–water partition coefficient (Wildman–Crippen LogP) is 5.11. The van der Waals surface area contributed by atoms with E-state index in [0.29, 0.717) is 12.8 Å². The van der Waals surface area contributed by atoms with Crippen molar-refractivity contribution in [3.8, 4) is 0 Å². The van der Waals surface area contributed by atoms with Crippen molar-refractivity contribution in [1.29, 1.82) is 0 Å². The summed E-state index contributed by atoms with van der Waals surface area (Å²) in [6.45, 7) is 4.22. The molecule has 0 aliphatic heterocycles. The Balaban J connectivity index is 3.69. The fraction of sp³-hybridized carbons (Fsp3) is 0.955. The lowest BCUT2D eigenvalue weighted by molar-refractivity contribution is -0.123. The molecule has 0 aromatic heterocycles. The molecule has 0 aromatic rings. The first-order valence-corrected chi connectivity index (χ1v) is 11.2. The number of aliphatic hydroxyl groups is 2. The van der Waals surface area contributed by atoms with Gasteiger partial charge in [0.1, 0.15) is 0 Å². The van der Waals surface area contributed by atoms with E-state index in [1.165, 1.54) is 64.2 Å². The molecule has 0 fully saturated rings. The minimum Gasteiger partial charge on any atom is -0.394 e. The second kappa shape index (κ2) is 19.2. The van der Waals surface area contributed by atoms with Crippen molar-refractivity contribution in [2.24, 2.45) is 0 Å². The third kappa shape index (κ3) is 15.6. The summed E-state index contributed by atoms with van der Waals surface area (Å²) in [5.74, 6) is -0.0494. The zero-order valence-corrected chi connectivity index (χ0v) is 17.5. The molecule has 2 unspecified atom stereocenters. The van der Waals surface area contributed by atoms with Crippen LogP contribution in [0.25, 0.3) is 0 Å². The van der Waals surface area contributed by atoms with Crippen molar-refractivity contribution in [3.05, 3.63) is 0 Å². The molecule has 0 heterocycles. The van der Waals surface area contributed by atoms with E-state index in [1.807, 2.05) is 0 Å². The highest BCUT2D eigenvalue weighted by atomic mass is 16.3. The monoisotopic (exact) mass is 371 g/mol. The quantitative estimate of drug-likeness (QED) is 0.276. The number of aliphatic hydroxyl groups excluding tert-OH is 2. The molecule has 0 radical (unpaired) electrons. The van der Waals surface area contributed by atoms with Crippen LogP contribution < -0.4 is 5.32 Å². The van der Waals surface area contributed by atoms with Gasteiger partial charge in [0.05, 0.1) is 18.8 Å². The van der Waals surface area contributed by atoms with Gasteiger partial charge >= 0.3 is 0 Å². The number of unbranched alkanes of at least 4 members (excludes halogenated alkanes) is 12. The van der Waals surface area contributed by atoms with Crippen molar-refractivity contribution >= 4 is 5.91 Å². The number of carbonyl (C=O) groups excluding carboxylic acids is 1. The van der Waals surface area contributed by atoms with E-state index in [4.69, 9.17) is 0 Å². The lowest BCUT2D eigenvalue weighted by atomic mass is 10.0. The number of nitrogens with one attached hydrogen (secondary N) is 1. The van der Waals surface area contributed by atoms with Gasteiger partial charge in [0.25, 0.3) is 0 Å². The van der Waals surface area contributed by atoms with E-state index in [-0.39, 0.29) is 12.5 Å². The van der Waals surface area contributed by atoms with Crippen molar-refractivity contribution in [1.82, 2.24) is 5.32 Å². The van der Waals surface area contributed by atoms with E-state index in [9.17, 15) is 15.0 Å². The molecule has 0 aliphatic rings. The second-order valence-corrected chi connectivity index (χ2v) is 7.71. The third-order valence-corrected chi connectivity index (χ3v) is 5.12. The Morgan fingerprint density at radius 1 is 0.769 bits per heavy atom. The van der Waals surface area contributed by atoms with Gasteiger partial charge in [-0.05, 0) is 12.8 Å². The van der Waals surface area contributed by atoms with Crippen molar-refractivity contribution < 1.29 is 15.0 Å². The van der Waals surface area contributed by atoms with Crippen LogP contribution in [0.2, 0.25) is 0 Å². The van der Waals surface area contributed by atoms with Gasteiger partial charge in [-0.1, -0.05) is 97.3 Å². The first-order valence-electron chi connectivity index (χ1n) is 11.2. The molecule has 0 saturated carbocycles. The molecule has 0 saturated heterocycles. The minimum atomic E-state index is -0.645. The van der Waals surface area contributed by atoms with Gasteiger partial charge in [-0.15, -0.1) is 0 Å². The third-order valence-electron chi connectivity index (χ3n) is 5.12. The van der Waals surface area contributed by atoms with Crippen molar-refractivity contribution in [2.75, 3.05) is 6.61 Å². The Kier molecular flexibility index (Phi) is 18.7. The van der Waals surface area contributed by atoms with Gasteiger partial charge in [0.15, 0.2) is 0 Å². The van der Waals surface area contributed by atoms with Crippen molar-refractivity contribution in [3.63, 3.8) is 0 Å². The Labute approximate surface area is 162 Å². The van der Waals surface area contributed by atoms with Crippen molar-refractivity contribution in [2.45, 2.75) is 129 Å². The topological polar surface area (TPSA) is 69.6 Å². The largest absolute Gasteiger partial charge is 0.394 e. The van der Waals surface area contributed by atoms with Crippen LogP contribution in [0.1, 0.15) is 117 Å². The van der Waals surface area contributed by atoms with Crippen LogP contribution in [0, 0.1) is 0 Å². The molecule has 1 amide bonds. The maximum Gasteiger partial charge on any atom is 0.220 e. The highest BCUT2D eigenvalue weighted by molar-refractivity contribution is 5.76. The molecule has 0 aromatic carbocycles. The second-order valence-electron chi connectivity index (χ2n) is 7.71. The molecule has 156 valence electrons. The molecule has 0 bridgehead atoms. The molecule has 4 heteroatoms. The average molecular weight is 372 g/mol. The Bertz CT molecular complexity index is 310. The molecule has 26 heavy (non-hydrogen) atoms. The first kappa shape index (κ1) is 25.4. The minimum absolute atomic E-state index is 0.0494. The summed E-state index contributed by atoms with van der Waals surface area (Å²) in [5, 5.41) is 22.5. The van der Waals surface area contributed by atoms with Gasteiger partial charge in [-0.25, -0.2) is 0 Å². The van der Waals surface area contributed by atoms with E-state index >= 15 is 0 Å². The Morgan fingerprint density at radius 3 is 1.73 bits per heavy atom. The molecule has 0 aliphatic carbocycles. The predicted molar refractivity (Wildman–Crippen MR) is 110 cm³/mol. The van der Waals surface area contributed by atoms with Gasteiger partial charge in [-0.2, -0.15) is 0 Å². The number of hydrogen-bond acceptors (Lipinski definition) is 3. The summed E-state index contributed by atoms with van der Waals surface area (Å²) in [6, 6.07) is -0.521. The van der Waals surface area contributed by atoms with E-state index < -0.39 is 12.1 Å². The maximum atomic E-state index is 11.9. The summed E-state index contributed by atoms with van der Waals surface area (Å²) in [7, 11) is 0. The van der Waals surface area contributed by atoms with Crippen LogP contribution in [0.15, 0.2) is 0 Å². The standard InChI is InChI=1S/C22H45NO3/c1-3-5-7-9-10-11-12-14-15-17-21(25)20(19-24)23-22(26)18-16-13-8-6-4-2/h20-21,24-25H,3-19H2,1-2H3,(H,23,26). The average Bonchev–Trinajstić information content (AvgIpc) is 2.64. The normalized spacial score (nSPS) is 13.5. The van der Waals surface area contributed by atoms with Crippen LogP contribution in [-0.4, -0.2) is 34.9 Å². The fourth-order valence-electron chi connectivity index (χ4n) is 3.30. The molecular formula is C22H45NO3. The Morgan fingerprint density at radius 2 is 1.23 bits per heavy atom. The van der Waals surface area contributed by atoms with Crippen LogP contribution >= 0.6 is 0 Å². The highest BCUT2D eigenvalue weighted by Crippen LogP contribution is 2.13. The molecule has 4 nitrogen and oxygen atoms in total. The number of carbonyl (C=O) groups is 1. The molecule has 0 rings (SSSR count). The first-order chi connectivity index (χ1) is 12.7. The maximum absolute atomic E-state index is 11.9. The lowest BCUT2D eigenvalue weighted by Gasteiger charge is -2.22. The summed E-state index contributed by atoms with van der Waals surface area (Å²) in [4.78, 5) is 11.9. The molecule has 3 N–H and O–H groups in total. The zero-order chi connectivity index (χ0) is 19.5. The fourth-order valence-corrected chi connectivity index (χ4v) is 3.30. The summed E-state index contributed by atoms with van der Waals surface area (Å²) in [5.41, 5.74) is 0. The lowest BCUT2D eigenvalue weighted by Crippen LogP contribution is -2.45. The van der Waals surface area contributed by atoms with Crippen LogP contribution in [0.3, 0.4) is 0 Å². The molecular weight excluding hydrogens is 326 g/mol. The van der Waals surface area contributed by atoms with Gasteiger partial charge < -0.3 is 15.5 Å². The zero-order valence-electron chi connectivity index (χ0n) is 17.5. The van der Waals surface area contributed by atoms with Crippen LogP contribution in [-0.2, 0) is 4.79 Å². The number of rotatable bonds is 19. The van der Waals surface area contributed by atoms with E-state index in [0.717, 1.165) is 25.7 Å². The summed E-state index contributed by atoms with van der Waals surface area (Å²) >= 11 is 0.